The minimum atomic E-state index is -0.713. The Hall–Kier alpha value is -2.35. The minimum Gasteiger partial charge on any atom is -0.382 e. The molecule has 0 saturated carbocycles. The van der Waals surface area contributed by atoms with E-state index in [0.29, 0.717) is 32.9 Å². The van der Waals surface area contributed by atoms with E-state index in [4.69, 9.17) is 28.0 Å². The van der Waals surface area contributed by atoms with Gasteiger partial charge in [-0.25, -0.2) is 4.68 Å². The van der Waals surface area contributed by atoms with E-state index in [1.807, 2.05) is 6.07 Å². The molecule has 1 aliphatic heterocycles. The Balaban J connectivity index is 1.50. The van der Waals surface area contributed by atoms with E-state index < -0.39 is 6.10 Å². The molecule has 2 aromatic heterocycles. The van der Waals surface area contributed by atoms with Gasteiger partial charge in [0.25, 0.3) is 5.91 Å². The maximum Gasteiger partial charge on any atom is 0.268 e. The van der Waals surface area contributed by atoms with Crippen LogP contribution in [0.15, 0.2) is 53.9 Å². The second-order valence-corrected chi connectivity index (χ2v) is 7.69. The van der Waals surface area contributed by atoms with Gasteiger partial charge in [0.15, 0.2) is 0 Å². The van der Waals surface area contributed by atoms with Crippen molar-refractivity contribution in [1.29, 1.82) is 0 Å². The van der Waals surface area contributed by atoms with Crippen molar-refractivity contribution in [2.24, 2.45) is 5.16 Å². The van der Waals surface area contributed by atoms with Crippen LogP contribution in [0.3, 0.4) is 0 Å². The molecule has 3 aromatic rings. The van der Waals surface area contributed by atoms with Gasteiger partial charge in [0.2, 0.25) is 6.10 Å². The Morgan fingerprint density at radius 3 is 2.92 bits per heavy atom. The molecule has 0 fully saturated rings. The summed E-state index contributed by atoms with van der Waals surface area (Å²) in [7, 11) is 0. The van der Waals surface area contributed by atoms with Crippen LogP contribution in [-0.4, -0.2) is 27.5 Å². The van der Waals surface area contributed by atoms with Crippen LogP contribution in [0.2, 0.25) is 9.36 Å². The molecule has 4 rings (SSSR count). The molecule has 1 unspecified atom stereocenters. The van der Waals surface area contributed by atoms with Crippen molar-refractivity contribution in [3.63, 3.8) is 0 Å². The highest BCUT2D eigenvalue weighted by atomic mass is 35.5. The van der Waals surface area contributed by atoms with Gasteiger partial charge in [-0.3, -0.25) is 4.79 Å². The molecule has 0 spiro atoms. The van der Waals surface area contributed by atoms with Gasteiger partial charge in [-0.15, -0.1) is 11.3 Å². The minimum absolute atomic E-state index is 0.304. The van der Waals surface area contributed by atoms with Gasteiger partial charge in [0, 0.05) is 23.8 Å². The number of rotatable bonds is 4. The van der Waals surface area contributed by atoms with Crippen molar-refractivity contribution >= 4 is 51.8 Å². The highest BCUT2D eigenvalue weighted by molar-refractivity contribution is 7.18. The van der Waals surface area contributed by atoms with Crippen LogP contribution in [0.4, 0.5) is 5.69 Å². The van der Waals surface area contributed by atoms with E-state index in [9.17, 15) is 4.79 Å². The van der Waals surface area contributed by atoms with Crippen molar-refractivity contribution in [3.8, 4) is 5.69 Å². The number of hydrogen-bond donors (Lipinski definition) is 1. The van der Waals surface area contributed by atoms with E-state index in [0.717, 1.165) is 4.88 Å². The molecule has 132 valence electrons. The van der Waals surface area contributed by atoms with Gasteiger partial charge < -0.3 is 10.2 Å². The number of oxime groups is 1. The molecule has 0 aliphatic carbocycles. The molecular weight excluding hydrogens is 395 g/mol. The maximum atomic E-state index is 12.6. The Morgan fingerprint density at radius 1 is 1.31 bits per heavy atom. The number of amides is 1. The predicted octanol–water partition coefficient (Wildman–Crippen LogP) is 4.37. The van der Waals surface area contributed by atoms with Crippen molar-refractivity contribution in [2.45, 2.75) is 12.5 Å². The number of benzene rings is 1. The first-order valence-electron chi connectivity index (χ1n) is 7.69. The summed E-state index contributed by atoms with van der Waals surface area (Å²) in [5, 5.41) is 11.6. The summed E-state index contributed by atoms with van der Waals surface area (Å²) < 4.78 is 2.32. The van der Waals surface area contributed by atoms with Gasteiger partial charge in [0.05, 0.1) is 20.6 Å². The van der Waals surface area contributed by atoms with E-state index in [-0.39, 0.29) is 5.91 Å². The largest absolute Gasteiger partial charge is 0.382 e. The number of carbonyl (C=O) groups excluding carboxylic acids is 1. The zero-order valence-corrected chi connectivity index (χ0v) is 15.6. The fraction of sp³-hybridized carbons (Fsp3) is 0.118. The lowest BCUT2D eigenvalue weighted by Crippen LogP contribution is -2.28. The summed E-state index contributed by atoms with van der Waals surface area (Å²) in [6.45, 7) is 0. The van der Waals surface area contributed by atoms with Crippen LogP contribution in [0.5, 0.6) is 0 Å². The SMILES string of the molecule is O=C(Nc1cc(Cl)ccc1-n1cccn1)C1CC(c2ccc(Cl)s2)=NO1. The second kappa shape index (κ2) is 7.11. The van der Waals surface area contributed by atoms with Crippen molar-refractivity contribution in [3.05, 3.63) is 63.0 Å². The first-order chi connectivity index (χ1) is 12.6. The molecule has 1 aromatic carbocycles. The number of aromatic nitrogens is 2. The lowest BCUT2D eigenvalue weighted by molar-refractivity contribution is -0.125. The van der Waals surface area contributed by atoms with E-state index >= 15 is 0 Å². The van der Waals surface area contributed by atoms with Crippen molar-refractivity contribution < 1.29 is 9.63 Å². The molecule has 0 radical (unpaired) electrons. The molecule has 1 amide bonds. The van der Waals surface area contributed by atoms with Crippen LogP contribution >= 0.6 is 34.5 Å². The highest BCUT2D eigenvalue weighted by Gasteiger charge is 2.30. The quantitative estimate of drug-likeness (QED) is 0.698. The predicted molar refractivity (Wildman–Crippen MR) is 103 cm³/mol. The van der Waals surface area contributed by atoms with E-state index in [2.05, 4.69) is 15.6 Å². The van der Waals surface area contributed by atoms with Gasteiger partial charge in [0.1, 0.15) is 5.71 Å². The van der Waals surface area contributed by atoms with E-state index in [1.54, 1.807) is 47.4 Å². The smallest absolute Gasteiger partial charge is 0.268 e. The zero-order valence-electron chi connectivity index (χ0n) is 13.2. The first kappa shape index (κ1) is 17.1. The van der Waals surface area contributed by atoms with Crippen LogP contribution in [0, 0.1) is 0 Å². The molecule has 3 heterocycles. The summed E-state index contributed by atoms with van der Waals surface area (Å²) in [6, 6.07) is 10.7. The van der Waals surface area contributed by atoms with Gasteiger partial charge >= 0.3 is 0 Å². The topological polar surface area (TPSA) is 68.5 Å². The Labute approximate surface area is 163 Å². The molecule has 0 saturated heterocycles. The third-order valence-corrected chi connectivity index (χ3v) is 5.30. The maximum absolute atomic E-state index is 12.6. The Morgan fingerprint density at radius 2 is 2.19 bits per heavy atom. The first-order valence-corrected chi connectivity index (χ1v) is 9.26. The summed E-state index contributed by atoms with van der Waals surface area (Å²) in [4.78, 5) is 18.8. The molecule has 9 heteroatoms. The Kier molecular flexibility index (Phi) is 4.67. The van der Waals surface area contributed by atoms with Crippen LogP contribution in [0.25, 0.3) is 5.69 Å². The molecule has 1 atom stereocenters. The third kappa shape index (κ3) is 3.46. The average molecular weight is 407 g/mol. The van der Waals surface area contributed by atoms with E-state index in [1.165, 1.54) is 11.3 Å². The normalized spacial score (nSPS) is 16.2. The van der Waals surface area contributed by atoms with Crippen molar-refractivity contribution in [1.82, 2.24) is 9.78 Å². The molecule has 1 aliphatic rings. The molecule has 1 N–H and O–H groups in total. The summed E-state index contributed by atoms with van der Waals surface area (Å²) in [5.74, 6) is -0.304. The molecule has 26 heavy (non-hydrogen) atoms. The third-order valence-electron chi connectivity index (χ3n) is 3.79. The number of nitrogens with one attached hydrogen (secondary N) is 1. The number of thiophene rings is 1. The lowest BCUT2D eigenvalue weighted by atomic mass is 10.1. The summed E-state index contributed by atoms with van der Waals surface area (Å²) >= 11 is 13.4. The second-order valence-electron chi connectivity index (χ2n) is 5.54. The van der Waals surface area contributed by atoms with Crippen LogP contribution < -0.4 is 5.32 Å². The zero-order chi connectivity index (χ0) is 18.1. The average Bonchev–Trinajstić information content (AvgIpc) is 3.36. The number of carbonyl (C=O) groups is 1. The fourth-order valence-corrected chi connectivity index (χ4v) is 3.77. The lowest BCUT2D eigenvalue weighted by Gasteiger charge is -2.13. The van der Waals surface area contributed by atoms with Gasteiger partial charge in [-0.2, -0.15) is 5.10 Å². The van der Waals surface area contributed by atoms with Crippen molar-refractivity contribution in [2.75, 3.05) is 5.32 Å². The number of halogens is 2. The number of anilines is 1. The van der Waals surface area contributed by atoms with Crippen LogP contribution in [-0.2, 0) is 9.63 Å². The van der Waals surface area contributed by atoms with Crippen LogP contribution in [0.1, 0.15) is 11.3 Å². The monoisotopic (exact) mass is 406 g/mol. The Bertz CT molecular complexity index is 985. The molecule has 6 nitrogen and oxygen atoms in total. The highest BCUT2D eigenvalue weighted by Crippen LogP contribution is 2.28. The summed E-state index contributed by atoms with van der Waals surface area (Å²) in [5.41, 5.74) is 1.96. The number of hydrogen-bond acceptors (Lipinski definition) is 5. The number of nitrogens with zero attached hydrogens (tertiary/aromatic N) is 3. The van der Waals surface area contributed by atoms with Gasteiger partial charge in [-0.05, 0) is 36.4 Å². The molecule has 0 bridgehead atoms. The fourth-order valence-electron chi connectivity index (χ4n) is 2.57. The molecular formula is C17H12Cl2N4O2S. The standard InChI is InChI=1S/C17H12Cl2N4O2S/c18-10-2-3-13(23-7-1-6-20-23)11(8-10)21-17(24)14-9-12(22-25-14)15-4-5-16(19)26-15/h1-8,14H,9H2,(H,21,24). The van der Waals surface area contributed by atoms with Gasteiger partial charge in [-0.1, -0.05) is 28.4 Å². The summed E-state index contributed by atoms with van der Waals surface area (Å²) in [6.07, 6.45) is 3.11.